The Bertz CT molecular complexity index is 577. The molecular formula is C13H14F2N2O3. The van der Waals surface area contributed by atoms with Gasteiger partial charge in [0.1, 0.15) is 11.3 Å². The van der Waals surface area contributed by atoms with Crippen molar-refractivity contribution in [1.82, 2.24) is 10.2 Å². The maximum atomic E-state index is 12.7. The Balaban J connectivity index is 2.44. The highest BCUT2D eigenvalue weighted by Crippen LogP contribution is 2.32. The van der Waals surface area contributed by atoms with Crippen molar-refractivity contribution in [3.8, 4) is 5.75 Å². The molecule has 20 heavy (non-hydrogen) atoms. The zero-order chi connectivity index (χ0) is 15.1. The van der Waals surface area contributed by atoms with Crippen LogP contribution in [0.2, 0.25) is 0 Å². The van der Waals surface area contributed by atoms with Gasteiger partial charge in [0.2, 0.25) is 0 Å². The van der Waals surface area contributed by atoms with Crippen LogP contribution in [-0.4, -0.2) is 30.5 Å². The molecule has 0 aromatic heterocycles. The average Bonchev–Trinajstić information content (AvgIpc) is 2.60. The number of carbonyl (C=O) groups is 2. The van der Waals surface area contributed by atoms with Crippen LogP contribution in [0.1, 0.15) is 18.1 Å². The van der Waals surface area contributed by atoms with Gasteiger partial charge in [-0.3, -0.25) is 4.79 Å². The van der Waals surface area contributed by atoms with E-state index in [-0.39, 0.29) is 4.90 Å². The second-order valence-corrected chi connectivity index (χ2v) is 4.69. The van der Waals surface area contributed by atoms with Gasteiger partial charge in [-0.25, -0.2) is 9.69 Å². The van der Waals surface area contributed by atoms with Gasteiger partial charge < -0.3 is 10.1 Å². The van der Waals surface area contributed by atoms with E-state index in [0.717, 1.165) is 5.56 Å². The minimum absolute atomic E-state index is 0.0699. The summed E-state index contributed by atoms with van der Waals surface area (Å²) in [6, 6.07) is 3.73. The van der Waals surface area contributed by atoms with E-state index in [0.29, 0.717) is 11.3 Å². The summed E-state index contributed by atoms with van der Waals surface area (Å²) in [5.74, 6) is -0.359. The summed E-state index contributed by atoms with van der Waals surface area (Å²) in [6.45, 7) is -0.00187. The fourth-order valence-electron chi connectivity index (χ4n) is 2.22. The molecule has 1 aromatic carbocycles. The lowest BCUT2D eigenvalue weighted by Gasteiger charge is -2.23. The van der Waals surface area contributed by atoms with Gasteiger partial charge in [-0.1, -0.05) is 6.07 Å². The van der Waals surface area contributed by atoms with E-state index in [1.165, 1.54) is 14.0 Å². The monoisotopic (exact) mass is 284 g/mol. The molecule has 1 saturated heterocycles. The van der Waals surface area contributed by atoms with Crippen molar-refractivity contribution in [1.29, 1.82) is 0 Å². The lowest BCUT2D eigenvalue weighted by Crippen LogP contribution is -2.41. The van der Waals surface area contributed by atoms with E-state index in [1.807, 2.05) is 0 Å². The number of methoxy groups -OCH3 is 1. The Labute approximate surface area is 114 Å². The molecule has 2 rings (SSSR count). The number of nitrogens with zero attached hydrogens (tertiary/aromatic N) is 1. The van der Waals surface area contributed by atoms with Crippen LogP contribution < -0.4 is 10.1 Å². The number of amides is 3. The zero-order valence-electron chi connectivity index (χ0n) is 11.2. The van der Waals surface area contributed by atoms with Gasteiger partial charge in [0.05, 0.1) is 7.11 Å². The van der Waals surface area contributed by atoms with E-state index in [2.05, 4.69) is 5.32 Å². The summed E-state index contributed by atoms with van der Waals surface area (Å²) >= 11 is 0. The van der Waals surface area contributed by atoms with Gasteiger partial charge >= 0.3 is 12.6 Å². The number of nitrogens with one attached hydrogen (secondary N) is 1. The van der Waals surface area contributed by atoms with Crippen LogP contribution in [0.15, 0.2) is 18.2 Å². The van der Waals surface area contributed by atoms with Crippen molar-refractivity contribution < 1.29 is 23.1 Å². The molecule has 0 spiro atoms. The van der Waals surface area contributed by atoms with Crippen molar-refractivity contribution in [3.63, 3.8) is 0 Å². The van der Waals surface area contributed by atoms with Gasteiger partial charge in [0.25, 0.3) is 5.91 Å². The molecule has 1 aromatic rings. The minimum Gasteiger partial charge on any atom is -0.496 e. The smallest absolute Gasteiger partial charge is 0.329 e. The maximum Gasteiger partial charge on any atom is 0.329 e. The summed E-state index contributed by atoms with van der Waals surface area (Å²) in [4.78, 5) is 23.5. The predicted octanol–water partition coefficient (Wildman–Crippen LogP) is 1.99. The Morgan fingerprint density at radius 2 is 2.00 bits per heavy atom. The summed E-state index contributed by atoms with van der Waals surface area (Å²) in [7, 11) is 1.50. The fourth-order valence-corrected chi connectivity index (χ4v) is 2.22. The average molecular weight is 284 g/mol. The van der Waals surface area contributed by atoms with Crippen LogP contribution in [0, 0.1) is 6.92 Å². The van der Waals surface area contributed by atoms with Gasteiger partial charge in [-0.15, -0.1) is 0 Å². The van der Waals surface area contributed by atoms with Crippen molar-refractivity contribution in [2.24, 2.45) is 0 Å². The summed E-state index contributed by atoms with van der Waals surface area (Å²) < 4.78 is 30.5. The van der Waals surface area contributed by atoms with Gasteiger partial charge in [0.15, 0.2) is 0 Å². The third-order valence-electron chi connectivity index (χ3n) is 3.39. The zero-order valence-corrected chi connectivity index (χ0v) is 11.2. The van der Waals surface area contributed by atoms with Crippen LogP contribution in [0.25, 0.3) is 0 Å². The number of urea groups is 1. The maximum absolute atomic E-state index is 12.7. The van der Waals surface area contributed by atoms with E-state index >= 15 is 0 Å². The topological polar surface area (TPSA) is 58.6 Å². The molecule has 108 valence electrons. The molecule has 1 unspecified atom stereocenters. The molecule has 1 aliphatic rings. The Morgan fingerprint density at radius 1 is 1.35 bits per heavy atom. The van der Waals surface area contributed by atoms with E-state index in [1.54, 1.807) is 25.1 Å². The first kappa shape index (κ1) is 14.2. The molecule has 0 aliphatic carbocycles. The van der Waals surface area contributed by atoms with Gasteiger partial charge in [-0.2, -0.15) is 8.78 Å². The van der Waals surface area contributed by atoms with Crippen molar-refractivity contribution >= 4 is 11.9 Å². The first-order chi connectivity index (χ1) is 9.31. The highest BCUT2D eigenvalue weighted by Gasteiger charge is 2.52. The highest BCUT2D eigenvalue weighted by atomic mass is 19.3. The number of alkyl halides is 2. The van der Waals surface area contributed by atoms with E-state index in [4.69, 9.17) is 4.74 Å². The van der Waals surface area contributed by atoms with Crippen LogP contribution >= 0.6 is 0 Å². The van der Waals surface area contributed by atoms with Gasteiger partial charge in [-0.05, 0) is 37.1 Å². The second kappa shape index (κ2) is 4.73. The number of hydrogen-bond donors (Lipinski definition) is 1. The van der Waals surface area contributed by atoms with Crippen molar-refractivity contribution in [2.45, 2.75) is 25.9 Å². The van der Waals surface area contributed by atoms with E-state index < -0.39 is 24.0 Å². The molecular weight excluding hydrogens is 270 g/mol. The number of benzene rings is 1. The summed E-state index contributed by atoms with van der Waals surface area (Å²) in [6.07, 6.45) is 0. The van der Waals surface area contributed by atoms with Crippen LogP contribution in [-0.2, 0) is 10.3 Å². The van der Waals surface area contributed by atoms with Gasteiger partial charge in [0, 0.05) is 0 Å². The standard InChI is InChI=1S/C13H14F2N2O3/c1-7-6-8(4-5-9(7)20-3)13(2)10(18)17(11(14)15)12(19)16-13/h4-6,11H,1-3H3,(H,16,19). The van der Waals surface area contributed by atoms with Crippen LogP contribution in [0.3, 0.4) is 0 Å². The Morgan fingerprint density at radius 3 is 2.45 bits per heavy atom. The first-order valence-electron chi connectivity index (χ1n) is 5.90. The largest absolute Gasteiger partial charge is 0.496 e. The molecule has 1 aliphatic heterocycles. The van der Waals surface area contributed by atoms with Crippen LogP contribution in [0.4, 0.5) is 13.6 Å². The number of ether oxygens (including phenoxy) is 1. The SMILES string of the molecule is COc1ccc(C2(C)NC(=O)N(C(F)F)C2=O)cc1C. The van der Waals surface area contributed by atoms with E-state index in [9.17, 15) is 18.4 Å². The highest BCUT2D eigenvalue weighted by molar-refractivity contribution is 6.07. The normalized spacial score (nSPS) is 22.4. The molecule has 1 atom stereocenters. The van der Waals surface area contributed by atoms with Crippen molar-refractivity contribution in [3.05, 3.63) is 29.3 Å². The van der Waals surface area contributed by atoms with Crippen LogP contribution in [0.5, 0.6) is 5.75 Å². The molecule has 0 radical (unpaired) electrons. The number of carbonyl (C=O) groups excluding carboxylic acids is 2. The Kier molecular flexibility index (Phi) is 3.37. The summed E-state index contributed by atoms with van der Waals surface area (Å²) in [5.41, 5.74) is -0.328. The Hall–Kier alpha value is -2.18. The number of halogens is 2. The number of aryl methyl sites for hydroxylation is 1. The molecule has 1 heterocycles. The molecule has 5 nitrogen and oxygen atoms in total. The molecule has 7 heteroatoms. The molecule has 3 amide bonds. The number of imide groups is 1. The third-order valence-corrected chi connectivity index (χ3v) is 3.39. The molecule has 1 N–H and O–H groups in total. The quantitative estimate of drug-likeness (QED) is 0.682. The lowest BCUT2D eigenvalue weighted by atomic mass is 9.91. The number of hydrogen-bond acceptors (Lipinski definition) is 3. The summed E-state index contributed by atoms with van der Waals surface area (Å²) in [5, 5.41) is 2.31. The first-order valence-corrected chi connectivity index (χ1v) is 5.90. The minimum atomic E-state index is -3.16. The molecule has 0 bridgehead atoms. The number of rotatable bonds is 3. The lowest BCUT2D eigenvalue weighted by molar-refractivity contribution is -0.139. The predicted molar refractivity (Wildman–Crippen MR) is 66.5 cm³/mol. The molecule has 0 saturated carbocycles. The second-order valence-electron chi connectivity index (χ2n) is 4.69. The van der Waals surface area contributed by atoms with Crippen molar-refractivity contribution in [2.75, 3.05) is 7.11 Å². The molecule has 1 fully saturated rings. The third kappa shape index (κ3) is 1.99. The fraction of sp³-hybridized carbons (Fsp3) is 0.385.